The molecule has 0 amide bonds. The van der Waals surface area contributed by atoms with Gasteiger partial charge in [-0.2, -0.15) is 0 Å². The van der Waals surface area contributed by atoms with E-state index in [0.717, 1.165) is 24.8 Å². The maximum Gasteiger partial charge on any atom is 0.313 e. The molecule has 0 bridgehead atoms. The van der Waals surface area contributed by atoms with Gasteiger partial charge < -0.3 is 4.74 Å². The van der Waals surface area contributed by atoms with Crippen LogP contribution in [0.15, 0.2) is 11.6 Å². The van der Waals surface area contributed by atoms with Crippen molar-refractivity contribution in [2.75, 3.05) is 6.61 Å². The average molecular weight is 222 g/mol. The molecular formula is C13H18O3. The molecule has 0 spiro atoms. The average Bonchev–Trinajstić information content (AvgIpc) is 2.76. The summed E-state index contributed by atoms with van der Waals surface area (Å²) in [5.74, 6) is 0.413. The zero-order chi connectivity index (χ0) is 11.7. The number of carbonyl (C=O) groups is 2. The summed E-state index contributed by atoms with van der Waals surface area (Å²) in [5, 5.41) is 0. The molecule has 0 unspecified atom stereocenters. The highest BCUT2D eigenvalue weighted by molar-refractivity contribution is 5.96. The molecule has 0 aromatic heterocycles. The molecule has 3 atom stereocenters. The molecule has 0 saturated heterocycles. The van der Waals surface area contributed by atoms with Crippen LogP contribution < -0.4 is 0 Å². The molecule has 88 valence electrons. The molecule has 0 aliphatic heterocycles. The van der Waals surface area contributed by atoms with E-state index in [9.17, 15) is 9.59 Å². The Hall–Kier alpha value is -1.12. The van der Waals surface area contributed by atoms with E-state index in [1.807, 2.05) is 13.0 Å². The molecule has 3 heteroatoms. The van der Waals surface area contributed by atoms with Crippen LogP contribution in [0.1, 0.15) is 33.1 Å². The van der Waals surface area contributed by atoms with E-state index < -0.39 is 0 Å². The molecule has 3 nitrogen and oxygen atoms in total. The maximum atomic E-state index is 11.8. The second-order valence-corrected chi connectivity index (χ2v) is 4.66. The Balaban J connectivity index is 2.20. The highest BCUT2D eigenvalue weighted by atomic mass is 16.5. The fourth-order valence-corrected chi connectivity index (χ4v) is 3.11. The van der Waals surface area contributed by atoms with Crippen LogP contribution in [0.5, 0.6) is 0 Å². The van der Waals surface area contributed by atoms with E-state index in [-0.39, 0.29) is 17.7 Å². The third-order valence-electron chi connectivity index (χ3n) is 3.75. The SMILES string of the molecule is CCOC(=O)[C@H]1C=C(C(C)=O)[C@@H]2CCC[C@H]12. The number of rotatable bonds is 3. The van der Waals surface area contributed by atoms with Gasteiger partial charge in [0.15, 0.2) is 5.78 Å². The van der Waals surface area contributed by atoms with Crippen LogP contribution in [-0.4, -0.2) is 18.4 Å². The molecule has 0 aromatic carbocycles. The molecule has 1 fully saturated rings. The fourth-order valence-electron chi connectivity index (χ4n) is 3.11. The van der Waals surface area contributed by atoms with Gasteiger partial charge in [-0.3, -0.25) is 9.59 Å². The first-order valence-electron chi connectivity index (χ1n) is 6.04. The Morgan fingerprint density at radius 3 is 2.81 bits per heavy atom. The second kappa shape index (κ2) is 4.40. The Morgan fingerprint density at radius 2 is 2.19 bits per heavy atom. The zero-order valence-electron chi connectivity index (χ0n) is 9.86. The molecule has 2 rings (SSSR count). The van der Waals surface area contributed by atoms with Gasteiger partial charge in [-0.1, -0.05) is 12.5 Å². The van der Waals surface area contributed by atoms with Gasteiger partial charge in [-0.05, 0) is 44.1 Å². The minimum absolute atomic E-state index is 0.115. The van der Waals surface area contributed by atoms with E-state index >= 15 is 0 Å². The summed E-state index contributed by atoms with van der Waals surface area (Å²) in [6.07, 6.45) is 5.07. The molecule has 0 heterocycles. The number of allylic oxidation sites excluding steroid dienone is 1. The van der Waals surface area contributed by atoms with E-state index in [0.29, 0.717) is 18.4 Å². The van der Waals surface area contributed by atoms with Crippen LogP contribution in [0.25, 0.3) is 0 Å². The number of hydrogen-bond donors (Lipinski definition) is 0. The van der Waals surface area contributed by atoms with Crippen LogP contribution in [0.4, 0.5) is 0 Å². The first kappa shape index (κ1) is 11.4. The van der Waals surface area contributed by atoms with Gasteiger partial charge >= 0.3 is 5.97 Å². The predicted molar refractivity (Wildman–Crippen MR) is 59.7 cm³/mol. The van der Waals surface area contributed by atoms with E-state index in [1.54, 1.807) is 6.92 Å². The number of hydrogen-bond acceptors (Lipinski definition) is 3. The molecule has 16 heavy (non-hydrogen) atoms. The van der Waals surface area contributed by atoms with Crippen molar-refractivity contribution in [2.24, 2.45) is 17.8 Å². The summed E-state index contributed by atoms with van der Waals surface area (Å²) in [6, 6.07) is 0. The lowest BCUT2D eigenvalue weighted by molar-refractivity contribution is -0.147. The summed E-state index contributed by atoms with van der Waals surface area (Å²) in [7, 11) is 0. The lowest BCUT2D eigenvalue weighted by Crippen LogP contribution is -2.22. The quantitative estimate of drug-likeness (QED) is 0.687. The van der Waals surface area contributed by atoms with E-state index in [1.165, 1.54) is 0 Å². The van der Waals surface area contributed by atoms with Gasteiger partial charge in [0.1, 0.15) is 0 Å². The van der Waals surface area contributed by atoms with Crippen molar-refractivity contribution in [1.29, 1.82) is 0 Å². The number of fused-ring (bicyclic) bond motifs is 1. The lowest BCUT2D eigenvalue weighted by Gasteiger charge is -2.17. The molecule has 2 aliphatic rings. The van der Waals surface area contributed by atoms with E-state index in [4.69, 9.17) is 4.74 Å². The molecule has 1 saturated carbocycles. The molecule has 0 radical (unpaired) electrons. The fraction of sp³-hybridized carbons (Fsp3) is 0.692. The van der Waals surface area contributed by atoms with Gasteiger partial charge in [0, 0.05) is 0 Å². The largest absolute Gasteiger partial charge is 0.466 e. The van der Waals surface area contributed by atoms with Gasteiger partial charge in [-0.15, -0.1) is 0 Å². The van der Waals surface area contributed by atoms with Gasteiger partial charge in [0.2, 0.25) is 0 Å². The standard InChI is InChI=1S/C13H18O3/c1-3-16-13(15)12-7-11(8(2)14)9-5-4-6-10(9)12/h7,9-10,12H,3-6H2,1-2H3/t9-,10+,12+/m1/s1. The minimum Gasteiger partial charge on any atom is -0.466 e. The smallest absolute Gasteiger partial charge is 0.313 e. The number of Topliss-reactive ketones (excluding diaryl/α,β-unsaturated/α-hetero) is 1. The van der Waals surface area contributed by atoms with Crippen molar-refractivity contribution in [3.05, 3.63) is 11.6 Å². The predicted octanol–water partition coefficient (Wildman–Crippen LogP) is 2.11. The van der Waals surface area contributed by atoms with Crippen molar-refractivity contribution >= 4 is 11.8 Å². The number of carbonyl (C=O) groups excluding carboxylic acids is 2. The maximum absolute atomic E-state index is 11.8. The third-order valence-corrected chi connectivity index (χ3v) is 3.75. The summed E-state index contributed by atoms with van der Waals surface area (Å²) in [6.45, 7) is 3.82. The van der Waals surface area contributed by atoms with Crippen LogP contribution >= 0.6 is 0 Å². The molecule has 0 N–H and O–H groups in total. The van der Waals surface area contributed by atoms with Crippen LogP contribution in [-0.2, 0) is 14.3 Å². The summed E-state index contributed by atoms with van der Waals surface area (Å²) >= 11 is 0. The van der Waals surface area contributed by atoms with Gasteiger partial charge in [0.05, 0.1) is 12.5 Å². The van der Waals surface area contributed by atoms with Crippen molar-refractivity contribution in [2.45, 2.75) is 33.1 Å². The summed E-state index contributed by atoms with van der Waals surface area (Å²) in [4.78, 5) is 23.3. The topological polar surface area (TPSA) is 43.4 Å². The Bertz CT molecular complexity index is 343. The van der Waals surface area contributed by atoms with E-state index in [2.05, 4.69) is 0 Å². The first-order chi connectivity index (χ1) is 7.65. The molecule has 2 aliphatic carbocycles. The van der Waals surface area contributed by atoms with Crippen LogP contribution in [0, 0.1) is 17.8 Å². The van der Waals surface area contributed by atoms with Crippen molar-refractivity contribution in [3.8, 4) is 0 Å². The lowest BCUT2D eigenvalue weighted by atomic mass is 9.88. The van der Waals surface area contributed by atoms with Crippen molar-refractivity contribution in [3.63, 3.8) is 0 Å². The highest BCUT2D eigenvalue weighted by Gasteiger charge is 2.44. The molecule has 0 aromatic rings. The molecular weight excluding hydrogens is 204 g/mol. The van der Waals surface area contributed by atoms with Gasteiger partial charge in [-0.25, -0.2) is 0 Å². The minimum atomic E-state index is -0.175. The monoisotopic (exact) mass is 222 g/mol. The zero-order valence-corrected chi connectivity index (χ0v) is 9.86. The second-order valence-electron chi connectivity index (χ2n) is 4.66. The van der Waals surface area contributed by atoms with Gasteiger partial charge in [0.25, 0.3) is 0 Å². The normalized spacial score (nSPS) is 32.1. The Labute approximate surface area is 95.9 Å². The van der Waals surface area contributed by atoms with Crippen molar-refractivity contribution < 1.29 is 14.3 Å². The summed E-state index contributed by atoms with van der Waals surface area (Å²) in [5.41, 5.74) is 0.862. The highest BCUT2D eigenvalue weighted by Crippen LogP contribution is 2.47. The number of ketones is 1. The number of esters is 1. The first-order valence-corrected chi connectivity index (χ1v) is 6.04. The summed E-state index contributed by atoms with van der Waals surface area (Å²) < 4.78 is 5.07. The van der Waals surface area contributed by atoms with Crippen LogP contribution in [0.3, 0.4) is 0 Å². The van der Waals surface area contributed by atoms with Crippen LogP contribution in [0.2, 0.25) is 0 Å². The Kier molecular flexibility index (Phi) is 3.13. The van der Waals surface area contributed by atoms with Crippen molar-refractivity contribution in [1.82, 2.24) is 0 Å². The number of ether oxygens (including phenoxy) is 1. The third kappa shape index (κ3) is 1.79. The Morgan fingerprint density at radius 1 is 1.44 bits per heavy atom.